The molecule has 5 heteroatoms. The highest BCUT2D eigenvalue weighted by Crippen LogP contribution is 2.19. The van der Waals surface area contributed by atoms with E-state index in [-0.39, 0.29) is 6.03 Å². The van der Waals surface area contributed by atoms with Crippen LogP contribution in [-0.4, -0.2) is 18.3 Å². The first-order chi connectivity index (χ1) is 10.7. The lowest BCUT2D eigenvalue weighted by Crippen LogP contribution is -2.30. The van der Waals surface area contributed by atoms with Crippen LogP contribution in [0.1, 0.15) is 12.5 Å². The normalized spacial score (nSPS) is 10.3. The van der Waals surface area contributed by atoms with Crippen molar-refractivity contribution >= 4 is 35.1 Å². The summed E-state index contributed by atoms with van der Waals surface area (Å²) >= 11 is 7.52. The van der Waals surface area contributed by atoms with Gasteiger partial charge in [-0.3, -0.25) is 0 Å². The molecule has 0 atom stereocenters. The summed E-state index contributed by atoms with van der Waals surface area (Å²) in [5, 5.41) is 6.40. The Balaban J connectivity index is 1.67. The molecule has 0 fully saturated rings. The van der Waals surface area contributed by atoms with E-state index >= 15 is 0 Å². The van der Waals surface area contributed by atoms with E-state index in [0.29, 0.717) is 6.54 Å². The van der Waals surface area contributed by atoms with Crippen molar-refractivity contribution in [3.05, 3.63) is 59.1 Å². The standard InChI is InChI=1S/C17H19ClN2OS/c1-2-13-3-7-15(8-4-13)20-17(21)19-11-12-22-16-9-5-14(18)6-10-16/h3-10H,2,11-12H2,1H3,(H2,19,20,21). The van der Waals surface area contributed by atoms with Crippen molar-refractivity contribution in [2.24, 2.45) is 0 Å². The van der Waals surface area contributed by atoms with Crippen molar-refractivity contribution in [1.82, 2.24) is 5.32 Å². The van der Waals surface area contributed by atoms with E-state index in [9.17, 15) is 4.79 Å². The van der Waals surface area contributed by atoms with Gasteiger partial charge in [-0.05, 0) is 48.4 Å². The van der Waals surface area contributed by atoms with Gasteiger partial charge in [0.05, 0.1) is 0 Å². The molecule has 116 valence electrons. The third-order valence-electron chi connectivity index (χ3n) is 3.09. The largest absolute Gasteiger partial charge is 0.337 e. The number of carbonyl (C=O) groups is 1. The number of thioether (sulfide) groups is 1. The summed E-state index contributed by atoms with van der Waals surface area (Å²) in [5.41, 5.74) is 2.06. The van der Waals surface area contributed by atoms with Gasteiger partial charge < -0.3 is 10.6 Å². The van der Waals surface area contributed by atoms with E-state index in [0.717, 1.165) is 27.8 Å². The lowest BCUT2D eigenvalue weighted by molar-refractivity contribution is 0.252. The lowest BCUT2D eigenvalue weighted by Gasteiger charge is -2.08. The highest BCUT2D eigenvalue weighted by Gasteiger charge is 2.01. The summed E-state index contributed by atoms with van der Waals surface area (Å²) in [6.45, 7) is 2.71. The monoisotopic (exact) mass is 334 g/mol. The minimum absolute atomic E-state index is 0.180. The van der Waals surface area contributed by atoms with Crippen molar-refractivity contribution in [2.45, 2.75) is 18.2 Å². The molecule has 0 bridgehead atoms. The van der Waals surface area contributed by atoms with E-state index in [1.807, 2.05) is 48.5 Å². The Bertz CT molecular complexity index is 599. The molecule has 0 saturated carbocycles. The number of carbonyl (C=O) groups excluding carboxylic acids is 1. The summed E-state index contributed by atoms with van der Waals surface area (Å²) in [5.74, 6) is 0.809. The van der Waals surface area contributed by atoms with Gasteiger partial charge in [0.15, 0.2) is 0 Å². The van der Waals surface area contributed by atoms with Crippen molar-refractivity contribution in [1.29, 1.82) is 0 Å². The van der Waals surface area contributed by atoms with Gasteiger partial charge in [-0.1, -0.05) is 30.7 Å². The average molecular weight is 335 g/mol. The number of benzene rings is 2. The van der Waals surface area contributed by atoms with Crippen molar-refractivity contribution < 1.29 is 4.79 Å². The van der Waals surface area contributed by atoms with Gasteiger partial charge in [0.2, 0.25) is 0 Å². The Morgan fingerprint density at radius 2 is 1.77 bits per heavy atom. The zero-order valence-electron chi connectivity index (χ0n) is 12.4. The van der Waals surface area contributed by atoms with Crippen LogP contribution in [0.4, 0.5) is 10.5 Å². The Labute approximate surface area is 140 Å². The number of halogens is 1. The van der Waals surface area contributed by atoms with Crippen molar-refractivity contribution in [2.75, 3.05) is 17.6 Å². The number of rotatable bonds is 6. The van der Waals surface area contributed by atoms with Crippen LogP contribution in [0.3, 0.4) is 0 Å². The van der Waals surface area contributed by atoms with Crippen LogP contribution in [-0.2, 0) is 6.42 Å². The van der Waals surface area contributed by atoms with Gasteiger partial charge in [-0.2, -0.15) is 0 Å². The lowest BCUT2D eigenvalue weighted by atomic mass is 10.1. The highest BCUT2D eigenvalue weighted by molar-refractivity contribution is 7.99. The second-order valence-corrected chi connectivity index (χ2v) is 6.34. The summed E-state index contributed by atoms with van der Waals surface area (Å²) < 4.78 is 0. The molecular weight excluding hydrogens is 316 g/mol. The molecule has 0 heterocycles. The van der Waals surface area contributed by atoms with Crippen LogP contribution < -0.4 is 10.6 Å². The first kappa shape index (κ1) is 16.7. The van der Waals surface area contributed by atoms with Crippen LogP contribution in [0.15, 0.2) is 53.4 Å². The van der Waals surface area contributed by atoms with E-state index < -0.39 is 0 Å². The molecule has 0 saturated heterocycles. The molecule has 2 amide bonds. The number of hydrogen-bond acceptors (Lipinski definition) is 2. The summed E-state index contributed by atoms with van der Waals surface area (Å²) in [6.07, 6.45) is 0.994. The predicted molar refractivity (Wildman–Crippen MR) is 95.0 cm³/mol. The van der Waals surface area contributed by atoms with Gasteiger partial charge in [0.1, 0.15) is 0 Å². The molecule has 0 aliphatic rings. The van der Waals surface area contributed by atoms with Crippen LogP contribution in [0.25, 0.3) is 0 Å². The summed E-state index contributed by atoms with van der Waals surface area (Å²) in [7, 11) is 0. The fourth-order valence-corrected chi connectivity index (χ4v) is 2.76. The van der Waals surface area contributed by atoms with Crippen molar-refractivity contribution in [3.63, 3.8) is 0 Å². The Hall–Kier alpha value is -1.65. The Morgan fingerprint density at radius 3 is 2.41 bits per heavy atom. The van der Waals surface area contributed by atoms with Gasteiger partial charge in [-0.15, -0.1) is 11.8 Å². The fourth-order valence-electron chi connectivity index (χ4n) is 1.86. The van der Waals surface area contributed by atoms with E-state index in [1.54, 1.807) is 11.8 Å². The number of amides is 2. The maximum absolute atomic E-state index is 11.8. The minimum atomic E-state index is -0.180. The molecule has 2 rings (SSSR count). The molecule has 3 nitrogen and oxygen atoms in total. The fraction of sp³-hybridized carbons (Fsp3) is 0.235. The molecule has 2 aromatic carbocycles. The molecule has 22 heavy (non-hydrogen) atoms. The quantitative estimate of drug-likeness (QED) is 0.587. The number of urea groups is 1. The second kappa shape index (κ2) is 8.71. The van der Waals surface area contributed by atoms with Crippen LogP contribution in [0.5, 0.6) is 0 Å². The summed E-state index contributed by atoms with van der Waals surface area (Å²) in [6, 6.07) is 15.4. The molecule has 2 N–H and O–H groups in total. The highest BCUT2D eigenvalue weighted by atomic mass is 35.5. The third-order valence-corrected chi connectivity index (χ3v) is 4.36. The number of hydrogen-bond donors (Lipinski definition) is 2. The van der Waals surface area contributed by atoms with Gasteiger partial charge in [0, 0.05) is 27.9 Å². The third kappa shape index (κ3) is 5.62. The van der Waals surface area contributed by atoms with Gasteiger partial charge in [-0.25, -0.2) is 4.79 Å². The molecule has 0 aromatic heterocycles. The van der Waals surface area contributed by atoms with E-state index in [4.69, 9.17) is 11.6 Å². The average Bonchev–Trinajstić information content (AvgIpc) is 2.54. The van der Waals surface area contributed by atoms with E-state index in [1.165, 1.54) is 5.56 Å². The molecule has 0 radical (unpaired) electrons. The zero-order chi connectivity index (χ0) is 15.8. The van der Waals surface area contributed by atoms with Crippen LogP contribution >= 0.6 is 23.4 Å². The van der Waals surface area contributed by atoms with Crippen molar-refractivity contribution in [3.8, 4) is 0 Å². The SMILES string of the molecule is CCc1ccc(NC(=O)NCCSc2ccc(Cl)cc2)cc1. The van der Waals surface area contributed by atoms with Gasteiger partial charge >= 0.3 is 6.03 Å². The van der Waals surface area contributed by atoms with Crippen LogP contribution in [0.2, 0.25) is 5.02 Å². The maximum Gasteiger partial charge on any atom is 0.319 e. The molecule has 0 spiro atoms. The Morgan fingerprint density at radius 1 is 1.09 bits per heavy atom. The smallest absolute Gasteiger partial charge is 0.319 e. The molecule has 2 aromatic rings. The summed E-state index contributed by atoms with van der Waals surface area (Å²) in [4.78, 5) is 12.9. The number of nitrogens with one attached hydrogen (secondary N) is 2. The first-order valence-corrected chi connectivity index (χ1v) is 8.56. The molecular formula is C17H19ClN2OS. The van der Waals surface area contributed by atoms with Crippen LogP contribution in [0, 0.1) is 0 Å². The molecule has 0 aliphatic carbocycles. The Kier molecular flexibility index (Phi) is 6.62. The minimum Gasteiger partial charge on any atom is -0.337 e. The van der Waals surface area contributed by atoms with E-state index in [2.05, 4.69) is 17.6 Å². The molecule has 0 aliphatic heterocycles. The zero-order valence-corrected chi connectivity index (χ0v) is 14.0. The van der Waals surface area contributed by atoms with Gasteiger partial charge in [0.25, 0.3) is 0 Å². The topological polar surface area (TPSA) is 41.1 Å². The maximum atomic E-state index is 11.8. The number of anilines is 1. The first-order valence-electron chi connectivity index (χ1n) is 7.19. The second-order valence-electron chi connectivity index (χ2n) is 4.73. The molecule has 0 unspecified atom stereocenters. The predicted octanol–water partition coefficient (Wildman–Crippen LogP) is 4.82. The number of aryl methyl sites for hydroxylation is 1.